The lowest BCUT2D eigenvalue weighted by molar-refractivity contribution is -0.132. The van der Waals surface area contributed by atoms with Crippen LogP contribution in [0, 0.1) is 5.92 Å². The summed E-state index contributed by atoms with van der Waals surface area (Å²) in [4.78, 5) is 28.0. The van der Waals surface area contributed by atoms with Gasteiger partial charge in [0.05, 0.1) is 24.8 Å². The number of aliphatic hydroxyl groups is 1. The summed E-state index contributed by atoms with van der Waals surface area (Å²) >= 11 is 6.06. The maximum atomic E-state index is 13.3. The van der Waals surface area contributed by atoms with Crippen molar-refractivity contribution in [2.75, 3.05) is 18.1 Å². The van der Waals surface area contributed by atoms with Gasteiger partial charge < -0.3 is 14.6 Å². The van der Waals surface area contributed by atoms with Crippen LogP contribution in [0.1, 0.15) is 37.9 Å². The van der Waals surface area contributed by atoms with Crippen LogP contribution in [0.4, 0.5) is 5.69 Å². The first-order valence-electron chi connectivity index (χ1n) is 11.8. The third kappa shape index (κ3) is 5.24. The largest absolute Gasteiger partial charge is 0.507 e. The monoisotopic (exact) mass is 505 g/mol. The van der Waals surface area contributed by atoms with Crippen molar-refractivity contribution in [1.29, 1.82) is 0 Å². The molecule has 1 N–H and O–H groups in total. The third-order valence-electron chi connectivity index (χ3n) is 5.75. The molecule has 0 aliphatic carbocycles. The summed E-state index contributed by atoms with van der Waals surface area (Å²) in [5.41, 5.74) is 1.54. The number of carbonyl (C=O) groups is 2. The van der Waals surface area contributed by atoms with E-state index in [1.807, 2.05) is 20.8 Å². The molecule has 1 unspecified atom stereocenters. The predicted molar refractivity (Wildman–Crippen MR) is 141 cm³/mol. The highest BCUT2D eigenvalue weighted by Crippen LogP contribution is 2.43. The van der Waals surface area contributed by atoms with Crippen molar-refractivity contribution < 1.29 is 24.2 Å². The number of hydrogen-bond acceptors (Lipinski definition) is 5. The zero-order chi connectivity index (χ0) is 25.8. The minimum Gasteiger partial charge on any atom is -0.507 e. The van der Waals surface area contributed by atoms with Gasteiger partial charge in [0.1, 0.15) is 17.3 Å². The summed E-state index contributed by atoms with van der Waals surface area (Å²) in [6.45, 7) is 7.00. The van der Waals surface area contributed by atoms with Gasteiger partial charge >= 0.3 is 0 Å². The van der Waals surface area contributed by atoms with Crippen molar-refractivity contribution in [3.8, 4) is 11.5 Å². The predicted octanol–water partition coefficient (Wildman–Crippen LogP) is 6.40. The Bertz CT molecular complexity index is 1280. The fourth-order valence-electron chi connectivity index (χ4n) is 4.08. The van der Waals surface area contributed by atoms with E-state index in [2.05, 4.69) is 0 Å². The minimum absolute atomic E-state index is 0.000111. The SMILES string of the molecule is CCOc1ccc(C2/C(=C(/O)c3cccc(OCC(C)C)c3)C(=O)C(=O)N2c2ccc(Cl)cc2)cc1. The highest BCUT2D eigenvalue weighted by atomic mass is 35.5. The molecule has 0 radical (unpaired) electrons. The van der Waals surface area contributed by atoms with E-state index in [0.717, 1.165) is 0 Å². The Labute approximate surface area is 215 Å². The highest BCUT2D eigenvalue weighted by molar-refractivity contribution is 6.51. The molecule has 36 heavy (non-hydrogen) atoms. The first-order valence-corrected chi connectivity index (χ1v) is 12.2. The number of ketones is 1. The van der Waals surface area contributed by atoms with Crippen LogP contribution in [-0.2, 0) is 9.59 Å². The van der Waals surface area contributed by atoms with Crippen LogP contribution < -0.4 is 14.4 Å². The summed E-state index contributed by atoms with van der Waals surface area (Å²) in [5.74, 6) is -0.206. The van der Waals surface area contributed by atoms with Gasteiger partial charge in [0.2, 0.25) is 0 Å². The van der Waals surface area contributed by atoms with Crippen molar-refractivity contribution in [3.63, 3.8) is 0 Å². The van der Waals surface area contributed by atoms with E-state index >= 15 is 0 Å². The molecule has 1 amide bonds. The molecule has 1 saturated heterocycles. The number of aliphatic hydroxyl groups excluding tert-OH is 1. The molecule has 0 aromatic heterocycles. The van der Waals surface area contributed by atoms with Crippen LogP contribution in [-0.4, -0.2) is 30.0 Å². The Balaban J connectivity index is 1.84. The van der Waals surface area contributed by atoms with Gasteiger partial charge in [-0.2, -0.15) is 0 Å². The number of anilines is 1. The van der Waals surface area contributed by atoms with Crippen molar-refractivity contribution in [1.82, 2.24) is 0 Å². The Hall–Kier alpha value is -3.77. The molecule has 1 atom stereocenters. The molecule has 3 aromatic rings. The second-order valence-electron chi connectivity index (χ2n) is 8.88. The molecule has 3 aromatic carbocycles. The number of ether oxygens (including phenoxy) is 2. The van der Waals surface area contributed by atoms with Crippen LogP contribution >= 0.6 is 11.6 Å². The number of carbonyl (C=O) groups excluding carboxylic acids is 2. The average Bonchev–Trinajstić information content (AvgIpc) is 3.14. The summed E-state index contributed by atoms with van der Waals surface area (Å²) in [7, 11) is 0. The minimum atomic E-state index is -0.845. The second kappa shape index (κ2) is 10.9. The number of nitrogens with zero attached hydrogens (tertiary/aromatic N) is 1. The quantitative estimate of drug-likeness (QED) is 0.218. The maximum Gasteiger partial charge on any atom is 0.300 e. The van der Waals surface area contributed by atoms with E-state index in [1.165, 1.54) is 4.90 Å². The molecular weight excluding hydrogens is 478 g/mol. The highest BCUT2D eigenvalue weighted by Gasteiger charge is 2.47. The molecule has 1 aliphatic heterocycles. The number of Topliss-reactive ketones (excluding diaryl/α,β-unsaturated/α-hetero) is 1. The van der Waals surface area contributed by atoms with E-state index in [0.29, 0.717) is 52.5 Å². The topological polar surface area (TPSA) is 76.1 Å². The van der Waals surface area contributed by atoms with Gasteiger partial charge in [-0.3, -0.25) is 14.5 Å². The van der Waals surface area contributed by atoms with E-state index in [1.54, 1.807) is 72.8 Å². The van der Waals surface area contributed by atoms with Crippen LogP contribution in [0.2, 0.25) is 5.02 Å². The molecule has 0 spiro atoms. The van der Waals surface area contributed by atoms with Crippen molar-refractivity contribution >= 4 is 34.7 Å². The lowest BCUT2D eigenvalue weighted by Gasteiger charge is -2.25. The van der Waals surface area contributed by atoms with Gasteiger partial charge in [-0.05, 0) is 66.9 Å². The number of rotatable bonds is 8. The average molecular weight is 506 g/mol. The first kappa shape index (κ1) is 25.3. The van der Waals surface area contributed by atoms with E-state index in [4.69, 9.17) is 21.1 Å². The van der Waals surface area contributed by atoms with E-state index in [-0.39, 0.29) is 11.3 Å². The standard InChI is InChI=1S/C29H28ClNO5/c1-4-35-23-14-8-19(9-15-23)26-25(27(32)20-6-5-7-24(16-20)36-17-18(2)3)28(33)29(34)31(26)22-12-10-21(30)11-13-22/h5-16,18,26,32H,4,17H2,1-3H3/b27-25-. The molecule has 186 valence electrons. The van der Waals surface area contributed by atoms with E-state index in [9.17, 15) is 14.7 Å². The number of amides is 1. The van der Waals surface area contributed by atoms with Crippen LogP contribution in [0.3, 0.4) is 0 Å². The molecule has 1 fully saturated rings. The lowest BCUT2D eigenvalue weighted by Crippen LogP contribution is -2.29. The molecular formula is C29H28ClNO5. The molecule has 1 aliphatic rings. The molecule has 6 nitrogen and oxygen atoms in total. The van der Waals surface area contributed by atoms with Crippen LogP contribution in [0.5, 0.6) is 11.5 Å². The number of benzene rings is 3. The van der Waals surface area contributed by atoms with Crippen LogP contribution in [0.25, 0.3) is 5.76 Å². The van der Waals surface area contributed by atoms with Crippen molar-refractivity contribution in [3.05, 3.63) is 94.5 Å². The Kier molecular flexibility index (Phi) is 7.65. The molecule has 4 rings (SSSR count). The smallest absolute Gasteiger partial charge is 0.300 e. The number of halogens is 1. The van der Waals surface area contributed by atoms with Crippen molar-refractivity contribution in [2.24, 2.45) is 5.92 Å². The normalized spacial score (nSPS) is 17.0. The molecule has 7 heteroatoms. The second-order valence-corrected chi connectivity index (χ2v) is 9.32. The fraction of sp³-hybridized carbons (Fsp3) is 0.241. The zero-order valence-electron chi connectivity index (χ0n) is 20.4. The maximum absolute atomic E-state index is 13.3. The summed E-state index contributed by atoms with van der Waals surface area (Å²) in [6.07, 6.45) is 0. The zero-order valence-corrected chi connectivity index (χ0v) is 21.2. The summed E-state index contributed by atoms with van der Waals surface area (Å²) in [5, 5.41) is 11.9. The third-order valence-corrected chi connectivity index (χ3v) is 6.00. The fourth-order valence-corrected chi connectivity index (χ4v) is 4.21. The van der Waals surface area contributed by atoms with Gasteiger partial charge in [0.15, 0.2) is 0 Å². The lowest BCUT2D eigenvalue weighted by atomic mass is 9.95. The summed E-state index contributed by atoms with van der Waals surface area (Å²) < 4.78 is 11.3. The molecule has 0 bridgehead atoms. The Morgan fingerprint density at radius 1 is 0.972 bits per heavy atom. The van der Waals surface area contributed by atoms with Gasteiger partial charge in [-0.1, -0.05) is 49.7 Å². The van der Waals surface area contributed by atoms with E-state index < -0.39 is 17.7 Å². The summed E-state index contributed by atoms with van der Waals surface area (Å²) in [6, 6.07) is 19.8. The molecule has 1 heterocycles. The van der Waals surface area contributed by atoms with Gasteiger partial charge in [-0.25, -0.2) is 0 Å². The Morgan fingerprint density at radius 3 is 2.31 bits per heavy atom. The van der Waals surface area contributed by atoms with Gasteiger partial charge in [0, 0.05) is 16.3 Å². The van der Waals surface area contributed by atoms with Crippen LogP contribution in [0.15, 0.2) is 78.4 Å². The number of hydrogen-bond donors (Lipinski definition) is 1. The van der Waals surface area contributed by atoms with Gasteiger partial charge in [0.25, 0.3) is 11.7 Å². The van der Waals surface area contributed by atoms with Crippen molar-refractivity contribution in [2.45, 2.75) is 26.8 Å². The first-order chi connectivity index (χ1) is 17.3. The van der Waals surface area contributed by atoms with Gasteiger partial charge in [-0.15, -0.1) is 0 Å². The molecule has 0 saturated carbocycles. The Morgan fingerprint density at radius 2 is 1.67 bits per heavy atom.